The van der Waals surface area contributed by atoms with Crippen molar-refractivity contribution in [1.29, 1.82) is 0 Å². The monoisotopic (exact) mass is 809 g/mol. The van der Waals surface area contributed by atoms with Crippen LogP contribution in [0.15, 0.2) is 47.5 Å². The molecule has 3 heteroatoms. The number of hydrogen-bond acceptors (Lipinski definition) is 0. The van der Waals surface area contributed by atoms with E-state index in [1.165, 1.54) is 199 Å². The van der Waals surface area contributed by atoms with E-state index in [2.05, 4.69) is 88.6 Å². The average Bonchev–Trinajstić information content (AvgIpc) is 3.18. The van der Waals surface area contributed by atoms with Gasteiger partial charge in [-0.25, -0.2) is 0 Å². The molecule has 0 saturated heterocycles. The Morgan fingerprint density at radius 1 is 0.429 bits per heavy atom. The summed E-state index contributed by atoms with van der Waals surface area (Å²) in [7, 11) is 0. The average molecular weight is 810 g/mol. The summed E-state index contributed by atoms with van der Waals surface area (Å²) in [5.41, 5.74) is 22.0. The first-order chi connectivity index (χ1) is 27.0. The van der Waals surface area contributed by atoms with Crippen LogP contribution in [0.25, 0.3) is 11.1 Å². The fourth-order valence-corrected chi connectivity index (χ4v) is 8.34. The van der Waals surface area contributed by atoms with E-state index in [1.807, 2.05) is 0 Å². The Morgan fingerprint density at radius 3 is 1.04 bits per heavy atom. The van der Waals surface area contributed by atoms with Crippen LogP contribution in [0.4, 0.5) is 0 Å². The van der Waals surface area contributed by atoms with Crippen LogP contribution >= 0.6 is 0 Å². The predicted octanol–water partition coefficient (Wildman–Crippen LogP) is 17.1. The van der Waals surface area contributed by atoms with Gasteiger partial charge in [0.2, 0.25) is 0 Å². The number of nitrogens with zero attached hydrogens (tertiary/aromatic N) is 2. The molecule has 0 aliphatic heterocycles. The minimum absolute atomic E-state index is 0. The second kappa shape index (κ2) is 34.8. The zero-order valence-electron chi connectivity index (χ0n) is 37.6. The summed E-state index contributed by atoms with van der Waals surface area (Å²) in [6.07, 6.45) is 39.8. The fraction of sp³-hybridized carbons (Fsp3) is 0.698. The molecule has 0 radical (unpaired) electrons. The molecule has 318 valence electrons. The predicted molar refractivity (Wildman–Crippen MR) is 245 cm³/mol. The molecule has 2 aromatic rings. The quantitative estimate of drug-likeness (QED) is 0.0169. The fourth-order valence-electron chi connectivity index (χ4n) is 8.34. The largest absolute Gasteiger partial charge is 0.348 e. The third-order valence-corrected chi connectivity index (χ3v) is 11.7. The normalized spacial score (nSPS) is 11.5. The van der Waals surface area contributed by atoms with Crippen molar-refractivity contribution >= 4 is 11.4 Å². The summed E-state index contributed by atoms with van der Waals surface area (Å²) in [5.74, 6) is 3.00. The van der Waals surface area contributed by atoms with E-state index in [-0.39, 0.29) is 16.5 Å². The standard InChI is InChI=1S/C53H86N2.Ni/c1-7-12-17-19-21-23-25-27-31-35-48-39-49(36-32-28-26-24-22-20-18-13-8-2)43-51(42-48)53(52(37-16-11-5)45(6)44-55-54)50-40-46(33-29-14-9-3)38-47(41-50)34-30-15-10-4;/h38-43H,7-37H2,1-6H3;. The Bertz CT molecular complexity index is 1340. The van der Waals surface area contributed by atoms with Crippen molar-refractivity contribution in [3.05, 3.63) is 86.5 Å². The van der Waals surface area contributed by atoms with Crippen LogP contribution in [0.5, 0.6) is 0 Å². The summed E-state index contributed by atoms with van der Waals surface area (Å²) < 4.78 is 0. The number of rotatable bonds is 34. The molecule has 2 rings (SSSR count). The molecule has 0 bridgehead atoms. The third-order valence-electron chi connectivity index (χ3n) is 11.7. The van der Waals surface area contributed by atoms with Gasteiger partial charge in [0.05, 0.1) is 5.57 Å². The van der Waals surface area contributed by atoms with Crippen molar-refractivity contribution in [2.75, 3.05) is 0 Å². The van der Waals surface area contributed by atoms with Crippen molar-refractivity contribution < 1.29 is 21.3 Å². The van der Waals surface area contributed by atoms with Gasteiger partial charge in [0.25, 0.3) is 0 Å². The summed E-state index contributed by atoms with van der Waals surface area (Å²) in [6, 6.07) is 15.2. The molecule has 0 fully saturated rings. The second-order valence-corrected chi connectivity index (χ2v) is 16.9. The summed E-state index contributed by atoms with van der Waals surface area (Å²) in [6.45, 7) is 13.6. The molecule has 2 nitrogen and oxygen atoms in total. The van der Waals surface area contributed by atoms with Gasteiger partial charge in [-0.1, -0.05) is 206 Å². The third kappa shape index (κ3) is 22.7. The van der Waals surface area contributed by atoms with E-state index in [1.54, 1.807) is 0 Å². The van der Waals surface area contributed by atoms with Gasteiger partial charge < -0.3 is 5.53 Å². The zero-order chi connectivity index (χ0) is 39.8. The van der Waals surface area contributed by atoms with Crippen molar-refractivity contribution in [2.45, 2.75) is 241 Å². The Kier molecular flexibility index (Phi) is 32.3. The maximum Gasteiger partial charge on any atom is 0.303 e. The maximum absolute atomic E-state index is 9.75. The summed E-state index contributed by atoms with van der Waals surface area (Å²) in [4.78, 5) is 3.45. The minimum atomic E-state index is 0. The minimum Gasteiger partial charge on any atom is -0.348 e. The van der Waals surface area contributed by atoms with Crippen molar-refractivity contribution in [1.82, 2.24) is 0 Å². The number of hydrogen-bond donors (Lipinski definition) is 0. The van der Waals surface area contributed by atoms with Crippen LogP contribution in [0.1, 0.15) is 248 Å². The number of allylic oxidation sites excluding steroid dienone is 2. The van der Waals surface area contributed by atoms with Gasteiger partial charge in [0.1, 0.15) is 0 Å². The topological polar surface area (TPSA) is 36.4 Å². The Balaban J connectivity index is 0.0000157. The smallest absolute Gasteiger partial charge is 0.303 e. The molecule has 0 atom stereocenters. The maximum atomic E-state index is 9.75. The van der Waals surface area contributed by atoms with Gasteiger partial charge in [-0.3, -0.25) is 0 Å². The molecule has 0 aliphatic carbocycles. The van der Waals surface area contributed by atoms with Gasteiger partial charge in [0, 0.05) is 16.5 Å². The number of aryl methyl sites for hydroxylation is 4. The van der Waals surface area contributed by atoms with E-state index in [4.69, 9.17) is 0 Å². The molecule has 0 heterocycles. The van der Waals surface area contributed by atoms with Gasteiger partial charge in [-0.2, -0.15) is 0 Å². The van der Waals surface area contributed by atoms with E-state index in [0.29, 0.717) is 0 Å². The van der Waals surface area contributed by atoms with E-state index < -0.39 is 0 Å². The number of unbranched alkanes of at least 4 members (excludes halogenated alkanes) is 21. The summed E-state index contributed by atoms with van der Waals surface area (Å²) >= 11 is 0. The molecule has 2 aromatic carbocycles. The Hall–Kier alpha value is -2.17. The summed E-state index contributed by atoms with van der Waals surface area (Å²) in [5, 5.41) is 0. The Morgan fingerprint density at radius 2 is 0.714 bits per heavy atom. The molecule has 0 aliphatic rings. The van der Waals surface area contributed by atoms with Gasteiger partial charge in [-0.05, 0) is 116 Å². The van der Waals surface area contributed by atoms with Gasteiger partial charge in [-0.15, -0.1) is 4.79 Å². The van der Waals surface area contributed by atoms with Crippen molar-refractivity contribution in [3.8, 4) is 0 Å². The van der Waals surface area contributed by atoms with Crippen LogP contribution in [-0.4, -0.2) is 10.7 Å². The molecule has 0 saturated carbocycles. The van der Waals surface area contributed by atoms with Crippen LogP contribution in [-0.2, 0) is 42.2 Å². The molecule has 0 N–H and O–H groups in total. The number of benzene rings is 2. The molecule has 0 spiro atoms. The van der Waals surface area contributed by atoms with Crippen LogP contribution in [0.3, 0.4) is 0 Å². The van der Waals surface area contributed by atoms with Gasteiger partial charge >= 0.3 is 5.87 Å². The molecule has 0 aromatic heterocycles. The van der Waals surface area contributed by atoms with Crippen LogP contribution < -0.4 is 0 Å². The Labute approximate surface area is 358 Å². The van der Waals surface area contributed by atoms with Crippen molar-refractivity contribution in [3.63, 3.8) is 0 Å². The molecule has 56 heavy (non-hydrogen) atoms. The van der Waals surface area contributed by atoms with E-state index in [0.717, 1.165) is 50.5 Å². The van der Waals surface area contributed by atoms with Gasteiger partial charge in [0.15, 0.2) is 0 Å². The first kappa shape index (κ1) is 51.9. The second-order valence-electron chi connectivity index (χ2n) is 16.9. The van der Waals surface area contributed by atoms with Crippen molar-refractivity contribution in [2.24, 2.45) is 0 Å². The zero-order valence-corrected chi connectivity index (χ0v) is 38.6. The van der Waals surface area contributed by atoms with E-state index >= 15 is 0 Å². The molecule has 0 amide bonds. The first-order valence-corrected chi connectivity index (χ1v) is 23.9. The van der Waals surface area contributed by atoms with E-state index in [9.17, 15) is 5.53 Å². The van der Waals surface area contributed by atoms with Crippen LogP contribution in [0, 0.1) is 0 Å². The van der Waals surface area contributed by atoms with Crippen LogP contribution in [0.2, 0.25) is 0 Å². The molecular formula is C53H86N2Ni. The first-order valence-electron chi connectivity index (χ1n) is 23.9. The SMILES string of the molecule is CCCCCCCCCCCc1cc(CCCCCCCCCCC)cc(C(=C(CCCC)C(C)=C=[N+]=[N-])c2cc(CCCCC)cc(CCCCC)c2)c1.[Ni]. The molecular weight excluding hydrogens is 723 g/mol. The molecule has 0 unspecified atom stereocenters.